The Balaban J connectivity index is 1.53. The van der Waals surface area contributed by atoms with E-state index in [1.54, 1.807) is 4.68 Å². The lowest BCUT2D eigenvalue weighted by atomic mass is 9.94. The van der Waals surface area contributed by atoms with E-state index in [1.807, 2.05) is 69.3 Å². The second-order valence-corrected chi connectivity index (χ2v) is 10.3. The molecule has 9 heteroatoms. The van der Waals surface area contributed by atoms with E-state index in [0.29, 0.717) is 46.4 Å². The molecule has 0 aliphatic carbocycles. The van der Waals surface area contributed by atoms with Crippen LogP contribution in [0.1, 0.15) is 42.1 Å². The maximum atomic E-state index is 13.8. The largest absolute Gasteiger partial charge is 0.490 e. The normalized spacial score (nSPS) is 14.4. The molecular formula is C30H30BrN5O3. The predicted octanol–water partition coefficient (Wildman–Crippen LogP) is 6.56. The minimum absolute atomic E-state index is 0.228. The molecule has 1 aliphatic heterocycles. The number of nitrogens with zero attached hydrogens (tertiary/aromatic N) is 3. The number of benzene rings is 3. The molecule has 0 bridgehead atoms. The topological polar surface area (TPSA) is 90.3 Å². The predicted molar refractivity (Wildman–Crippen MR) is 155 cm³/mol. The summed E-state index contributed by atoms with van der Waals surface area (Å²) in [6.45, 7) is 8.66. The van der Waals surface area contributed by atoms with Gasteiger partial charge in [-0.15, -0.1) is 0 Å². The molecule has 4 aromatic rings. The van der Waals surface area contributed by atoms with Crippen LogP contribution < -0.4 is 20.1 Å². The number of hydrogen-bond acceptors (Lipinski definition) is 6. The highest BCUT2D eigenvalue weighted by Crippen LogP contribution is 2.43. The number of hydrogen-bond donors (Lipinski definition) is 2. The number of amides is 1. The van der Waals surface area contributed by atoms with Crippen molar-refractivity contribution >= 4 is 33.5 Å². The molecule has 2 heterocycles. The first-order valence-corrected chi connectivity index (χ1v) is 13.5. The SMILES string of the molecule is CCOc1cc(C2C(C(=O)Nc3ccccc3C)=C(C)Nc3ncnn32)cc(Br)c1OCc1ccc(C)cc1. The Bertz CT molecular complexity index is 1540. The highest BCUT2D eigenvalue weighted by Gasteiger charge is 2.34. The van der Waals surface area contributed by atoms with Crippen LogP contribution in [0.3, 0.4) is 0 Å². The van der Waals surface area contributed by atoms with Gasteiger partial charge in [-0.2, -0.15) is 10.1 Å². The van der Waals surface area contributed by atoms with Crippen molar-refractivity contribution in [2.24, 2.45) is 0 Å². The summed E-state index contributed by atoms with van der Waals surface area (Å²) in [5.74, 6) is 1.50. The number of allylic oxidation sites excluding steroid dienone is 1. The molecule has 0 radical (unpaired) electrons. The van der Waals surface area contributed by atoms with Crippen LogP contribution in [0.15, 0.2) is 82.7 Å². The highest BCUT2D eigenvalue weighted by atomic mass is 79.9. The third-order valence-corrected chi connectivity index (χ3v) is 7.17. The summed E-state index contributed by atoms with van der Waals surface area (Å²) < 4.78 is 14.7. The van der Waals surface area contributed by atoms with Crippen molar-refractivity contribution in [2.45, 2.75) is 40.3 Å². The summed E-state index contributed by atoms with van der Waals surface area (Å²) in [7, 11) is 0. The monoisotopic (exact) mass is 587 g/mol. The Hall–Kier alpha value is -4.11. The second-order valence-electron chi connectivity index (χ2n) is 9.40. The quantitative estimate of drug-likeness (QED) is 0.242. The fourth-order valence-corrected chi connectivity index (χ4v) is 5.16. The smallest absolute Gasteiger partial charge is 0.255 e. The van der Waals surface area contributed by atoms with E-state index < -0.39 is 6.04 Å². The molecule has 200 valence electrons. The van der Waals surface area contributed by atoms with Gasteiger partial charge in [-0.1, -0.05) is 48.0 Å². The number of aromatic nitrogens is 3. The number of rotatable bonds is 8. The van der Waals surface area contributed by atoms with E-state index in [2.05, 4.69) is 55.7 Å². The van der Waals surface area contributed by atoms with Gasteiger partial charge < -0.3 is 20.1 Å². The van der Waals surface area contributed by atoms with Crippen LogP contribution in [0.2, 0.25) is 0 Å². The lowest BCUT2D eigenvalue weighted by molar-refractivity contribution is -0.113. The number of halogens is 1. The molecule has 1 amide bonds. The van der Waals surface area contributed by atoms with Crippen LogP contribution >= 0.6 is 15.9 Å². The first kappa shape index (κ1) is 26.5. The molecule has 2 N–H and O–H groups in total. The van der Waals surface area contributed by atoms with Gasteiger partial charge in [0.2, 0.25) is 5.95 Å². The molecule has 1 unspecified atom stereocenters. The minimum Gasteiger partial charge on any atom is -0.490 e. The minimum atomic E-state index is -0.547. The van der Waals surface area contributed by atoms with Crippen LogP contribution in [0.4, 0.5) is 11.6 Å². The summed E-state index contributed by atoms with van der Waals surface area (Å²) in [6.07, 6.45) is 1.47. The van der Waals surface area contributed by atoms with E-state index in [0.717, 1.165) is 22.4 Å². The van der Waals surface area contributed by atoms with Crippen LogP contribution in [-0.4, -0.2) is 27.3 Å². The van der Waals surface area contributed by atoms with E-state index in [4.69, 9.17) is 9.47 Å². The van der Waals surface area contributed by atoms with Crippen molar-refractivity contribution in [1.29, 1.82) is 0 Å². The highest BCUT2D eigenvalue weighted by molar-refractivity contribution is 9.10. The van der Waals surface area contributed by atoms with Gasteiger partial charge in [-0.25, -0.2) is 4.68 Å². The molecule has 0 saturated heterocycles. The van der Waals surface area contributed by atoms with Crippen LogP contribution in [0, 0.1) is 13.8 Å². The number of aryl methyl sites for hydroxylation is 2. The lowest BCUT2D eigenvalue weighted by Gasteiger charge is -2.29. The zero-order valence-electron chi connectivity index (χ0n) is 22.3. The van der Waals surface area contributed by atoms with Gasteiger partial charge in [0, 0.05) is 11.4 Å². The van der Waals surface area contributed by atoms with Crippen molar-refractivity contribution in [3.05, 3.63) is 105 Å². The van der Waals surface area contributed by atoms with Crippen molar-refractivity contribution in [1.82, 2.24) is 14.8 Å². The van der Waals surface area contributed by atoms with Gasteiger partial charge in [0.1, 0.15) is 19.0 Å². The molecule has 1 aliphatic rings. The zero-order chi connectivity index (χ0) is 27.5. The maximum Gasteiger partial charge on any atom is 0.255 e. The lowest BCUT2D eigenvalue weighted by Crippen LogP contribution is -2.31. The molecular weight excluding hydrogens is 558 g/mol. The van der Waals surface area contributed by atoms with Gasteiger partial charge >= 0.3 is 0 Å². The third-order valence-electron chi connectivity index (χ3n) is 6.58. The van der Waals surface area contributed by atoms with Crippen LogP contribution in [0.25, 0.3) is 0 Å². The van der Waals surface area contributed by atoms with E-state index in [9.17, 15) is 4.79 Å². The summed E-state index contributed by atoms with van der Waals surface area (Å²) in [4.78, 5) is 18.1. The van der Waals surface area contributed by atoms with Crippen molar-refractivity contribution < 1.29 is 14.3 Å². The molecule has 0 fully saturated rings. The van der Waals surface area contributed by atoms with Crippen LogP contribution in [0.5, 0.6) is 11.5 Å². The molecule has 1 aromatic heterocycles. The second kappa shape index (κ2) is 11.3. The van der Waals surface area contributed by atoms with Crippen molar-refractivity contribution in [3.63, 3.8) is 0 Å². The number of nitrogens with one attached hydrogen (secondary N) is 2. The molecule has 1 atom stereocenters. The van der Waals surface area contributed by atoms with Gasteiger partial charge in [-0.05, 0) is 78.5 Å². The maximum absolute atomic E-state index is 13.8. The molecule has 0 spiro atoms. The van der Waals surface area contributed by atoms with E-state index in [-0.39, 0.29) is 5.91 Å². The van der Waals surface area contributed by atoms with Crippen LogP contribution in [-0.2, 0) is 11.4 Å². The Morgan fingerprint density at radius 3 is 2.59 bits per heavy atom. The average molecular weight is 589 g/mol. The molecule has 3 aromatic carbocycles. The first-order chi connectivity index (χ1) is 18.9. The van der Waals surface area contributed by atoms with Gasteiger partial charge in [0.15, 0.2) is 11.5 Å². The van der Waals surface area contributed by atoms with E-state index in [1.165, 1.54) is 11.9 Å². The first-order valence-electron chi connectivity index (χ1n) is 12.7. The summed E-state index contributed by atoms with van der Waals surface area (Å²) >= 11 is 3.70. The van der Waals surface area contributed by atoms with Gasteiger partial charge in [0.05, 0.1) is 16.7 Å². The Labute approximate surface area is 236 Å². The molecule has 5 rings (SSSR count). The number of anilines is 2. The number of fused-ring (bicyclic) bond motifs is 1. The fourth-order valence-electron chi connectivity index (χ4n) is 4.58. The zero-order valence-corrected chi connectivity index (χ0v) is 23.9. The number of ether oxygens (including phenoxy) is 2. The molecule has 8 nitrogen and oxygen atoms in total. The third kappa shape index (κ3) is 5.54. The number of carbonyl (C=O) groups is 1. The summed E-state index contributed by atoms with van der Waals surface area (Å²) in [5.41, 5.74) is 6.00. The average Bonchev–Trinajstić information content (AvgIpc) is 3.37. The summed E-state index contributed by atoms with van der Waals surface area (Å²) in [6, 6.07) is 19.2. The standard InChI is InChI=1S/C30H30BrN5O3/c1-5-38-25-15-22(14-23(31)28(25)39-16-21-12-10-18(2)11-13-21)27-26(20(4)34-30-32-17-33-36(27)30)29(37)35-24-9-7-6-8-19(24)3/h6-15,17,27H,5,16H2,1-4H3,(H,35,37)(H,32,33,34). The molecule has 39 heavy (non-hydrogen) atoms. The number of carbonyl (C=O) groups excluding carboxylic acids is 1. The Kier molecular flexibility index (Phi) is 7.70. The van der Waals surface area contributed by atoms with Crippen molar-refractivity contribution in [2.75, 3.05) is 17.2 Å². The van der Waals surface area contributed by atoms with E-state index >= 15 is 0 Å². The number of para-hydroxylation sites is 1. The summed E-state index contributed by atoms with van der Waals surface area (Å²) in [5, 5.41) is 10.8. The van der Waals surface area contributed by atoms with Gasteiger partial charge in [0.25, 0.3) is 5.91 Å². The fraction of sp³-hybridized carbons (Fsp3) is 0.233. The van der Waals surface area contributed by atoms with Gasteiger partial charge in [-0.3, -0.25) is 4.79 Å². The molecule has 0 saturated carbocycles. The Morgan fingerprint density at radius 1 is 1.08 bits per heavy atom. The Morgan fingerprint density at radius 2 is 1.85 bits per heavy atom. The van der Waals surface area contributed by atoms with Crippen molar-refractivity contribution in [3.8, 4) is 11.5 Å².